The first-order valence-electron chi connectivity index (χ1n) is 9.47. The number of amides is 2. The highest BCUT2D eigenvalue weighted by Gasteiger charge is 2.40. The second-order valence-electron chi connectivity index (χ2n) is 7.50. The maximum atomic E-state index is 12.4. The second kappa shape index (κ2) is 8.48. The van der Waals surface area contributed by atoms with E-state index in [1.807, 2.05) is 30.3 Å². The summed E-state index contributed by atoms with van der Waals surface area (Å²) >= 11 is 0. The Labute approximate surface area is 149 Å². The molecule has 1 aromatic carbocycles. The Bertz CT molecular complexity index is 576. The van der Waals surface area contributed by atoms with Gasteiger partial charge in [0.15, 0.2) is 0 Å². The van der Waals surface area contributed by atoms with Crippen LogP contribution in [0.15, 0.2) is 30.3 Å². The predicted molar refractivity (Wildman–Crippen MR) is 97.7 cm³/mol. The summed E-state index contributed by atoms with van der Waals surface area (Å²) in [5, 5.41) is 5.68. The fourth-order valence-corrected chi connectivity index (χ4v) is 4.37. The molecule has 25 heavy (non-hydrogen) atoms. The van der Waals surface area contributed by atoms with Crippen LogP contribution < -0.4 is 16.4 Å². The number of hydrogen-bond acceptors (Lipinski definition) is 3. The number of nitrogens with two attached hydrogens (primary N) is 1. The average molecular weight is 343 g/mol. The Morgan fingerprint density at radius 1 is 1.04 bits per heavy atom. The van der Waals surface area contributed by atoms with Gasteiger partial charge in [-0.1, -0.05) is 36.8 Å². The van der Waals surface area contributed by atoms with Gasteiger partial charge in [0.25, 0.3) is 0 Å². The summed E-state index contributed by atoms with van der Waals surface area (Å²) in [6.45, 7) is 0.645. The van der Waals surface area contributed by atoms with Gasteiger partial charge in [0.05, 0.1) is 6.54 Å². The number of fused-ring (bicyclic) bond motifs is 2. The van der Waals surface area contributed by atoms with Crippen LogP contribution in [-0.2, 0) is 16.0 Å². The van der Waals surface area contributed by atoms with E-state index in [9.17, 15) is 9.59 Å². The maximum Gasteiger partial charge on any atom is 0.239 e. The zero-order chi connectivity index (χ0) is 17.6. The Balaban J connectivity index is 1.36. The van der Waals surface area contributed by atoms with Gasteiger partial charge in [-0.05, 0) is 49.5 Å². The number of rotatable bonds is 6. The van der Waals surface area contributed by atoms with E-state index in [4.69, 9.17) is 5.73 Å². The van der Waals surface area contributed by atoms with Crippen LogP contribution in [0.1, 0.15) is 37.7 Å². The standard InChI is InChI=1S/C20H29N3O2/c21-19-15-7-4-8-16(19)12-17(11-15)20(25)23-13-18(24)22-10-9-14-5-2-1-3-6-14/h1-3,5-6,15-17,19H,4,7-13,21H2,(H,22,24)(H,23,25). The molecule has 2 aliphatic rings. The van der Waals surface area contributed by atoms with Crippen LogP contribution in [0.2, 0.25) is 0 Å². The molecule has 0 saturated heterocycles. The van der Waals surface area contributed by atoms with Crippen molar-refractivity contribution in [3.8, 4) is 0 Å². The minimum Gasteiger partial charge on any atom is -0.354 e. The zero-order valence-corrected chi connectivity index (χ0v) is 14.7. The third-order valence-corrected chi connectivity index (χ3v) is 5.79. The van der Waals surface area contributed by atoms with Crippen molar-refractivity contribution in [1.29, 1.82) is 0 Å². The molecule has 2 aliphatic carbocycles. The van der Waals surface area contributed by atoms with Crippen LogP contribution in [0.3, 0.4) is 0 Å². The summed E-state index contributed by atoms with van der Waals surface area (Å²) in [6, 6.07) is 10.3. The molecule has 0 radical (unpaired) electrons. The quantitative estimate of drug-likeness (QED) is 0.734. The van der Waals surface area contributed by atoms with Gasteiger partial charge < -0.3 is 16.4 Å². The third kappa shape index (κ3) is 4.82. The summed E-state index contributed by atoms with van der Waals surface area (Å²) in [5.74, 6) is 0.858. The van der Waals surface area contributed by atoms with Crippen molar-refractivity contribution >= 4 is 11.8 Å². The highest BCUT2D eigenvalue weighted by Crippen LogP contribution is 2.41. The summed E-state index contributed by atoms with van der Waals surface area (Å²) in [5.41, 5.74) is 7.47. The van der Waals surface area contributed by atoms with E-state index in [0.717, 1.165) is 32.1 Å². The summed E-state index contributed by atoms with van der Waals surface area (Å²) < 4.78 is 0. The van der Waals surface area contributed by atoms with Crippen molar-refractivity contribution in [2.45, 2.75) is 44.6 Å². The molecule has 2 atom stereocenters. The Hall–Kier alpha value is -1.88. The normalized spacial score (nSPS) is 28.2. The first kappa shape index (κ1) is 17.9. The van der Waals surface area contributed by atoms with E-state index in [0.29, 0.717) is 18.4 Å². The highest BCUT2D eigenvalue weighted by molar-refractivity contribution is 5.85. The van der Waals surface area contributed by atoms with Gasteiger partial charge in [0, 0.05) is 18.5 Å². The minimum absolute atomic E-state index is 0.0157. The second-order valence-corrected chi connectivity index (χ2v) is 7.50. The molecule has 5 nitrogen and oxygen atoms in total. The summed E-state index contributed by atoms with van der Waals surface area (Å²) in [4.78, 5) is 24.3. The van der Waals surface area contributed by atoms with E-state index < -0.39 is 0 Å². The fourth-order valence-electron chi connectivity index (χ4n) is 4.37. The lowest BCUT2D eigenvalue weighted by molar-refractivity contribution is -0.130. The first-order valence-corrected chi connectivity index (χ1v) is 9.47. The first-order chi connectivity index (χ1) is 12.1. The van der Waals surface area contributed by atoms with E-state index >= 15 is 0 Å². The SMILES string of the molecule is NC1C2CCCC1CC(C(=O)NCC(=O)NCCc1ccccc1)C2. The van der Waals surface area contributed by atoms with Gasteiger partial charge in [-0.2, -0.15) is 0 Å². The van der Waals surface area contributed by atoms with E-state index in [1.165, 1.54) is 12.0 Å². The van der Waals surface area contributed by atoms with E-state index in [1.54, 1.807) is 0 Å². The number of hydrogen-bond donors (Lipinski definition) is 3. The van der Waals surface area contributed by atoms with Crippen molar-refractivity contribution in [1.82, 2.24) is 10.6 Å². The number of benzene rings is 1. The van der Waals surface area contributed by atoms with Crippen LogP contribution in [0, 0.1) is 17.8 Å². The molecule has 2 fully saturated rings. The lowest BCUT2D eigenvalue weighted by Gasteiger charge is -2.43. The molecule has 5 heteroatoms. The topological polar surface area (TPSA) is 84.2 Å². The monoisotopic (exact) mass is 343 g/mol. The average Bonchev–Trinajstić information content (AvgIpc) is 2.60. The van der Waals surface area contributed by atoms with Gasteiger partial charge >= 0.3 is 0 Å². The Morgan fingerprint density at radius 2 is 1.72 bits per heavy atom. The van der Waals surface area contributed by atoms with Crippen LogP contribution in [0.5, 0.6) is 0 Å². The maximum absolute atomic E-state index is 12.4. The van der Waals surface area contributed by atoms with Crippen LogP contribution in [0.4, 0.5) is 0 Å². The van der Waals surface area contributed by atoms with Gasteiger partial charge in [-0.15, -0.1) is 0 Å². The van der Waals surface area contributed by atoms with Gasteiger partial charge in [-0.25, -0.2) is 0 Å². The predicted octanol–water partition coefficient (Wildman–Crippen LogP) is 1.62. The van der Waals surface area contributed by atoms with Crippen molar-refractivity contribution in [3.05, 3.63) is 35.9 Å². The van der Waals surface area contributed by atoms with Crippen LogP contribution >= 0.6 is 0 Å². The third-order valence-electron chi connectivity index (χ3n) is 5.79. The largest absolute Gasteiger partial charge is 0.354 e. The van der Waals surface area contributed by atoms with Crippen LogP contribution in [0.25, 0.3) is 0 Å². The molecule has 1 aromatic rings. The van der Waals surface area contributed by atoms with Crippen LogP contribution in [-0.4, -0.2) is 30.9 Å². The molecular weight excluding hydrogens is 314 g/mol. The van der Waals surface area contributed by atoms with Crippen molar-refractivity contribution < 1.29 is 9.59 Å². The molecule has 3 rings (SSSR count). The zero-order valence-electron chi connectivity index (χ0n) is 14.7. The highest BCUT2D eigenvalue weighted by atomic mass is 16.2. The van der Waals surface area contributed by atoms with E-state index in [2.05, 4.69) is 10.6 Å². The smallest absolute Gasteiger partial charge is 0.239 e. The van der Waals surface area contributed by atoms with Crippen molar-refractivity contribution in [3.63, 3.8) is 0 Å². The number of carbonyl (C=O) groups excluding carboxylic acids is 2. The Kier molecular flexibility index (Phi) is 6.08. The lowest BCUT2D eigenvalue weighted by Crippen LogP contribution is -2.50. The molecule has 0 aliphatic heterocycles. The van der Waals surface area contributed by atoms with Crippen molar-refractivity contribution in [2.24, 2.45) is 23.5 Å². The molecule has 2 unspecified atom stereocenters. The molecular formula is C20H29N3O2. The lowest BCUT2D eigenvalue weighted by atomic mass is 9.65. The minimum atomic E-state index is -0.128. The fraction of sp³-hybridized carbons (Fsp3) is 0.600. The van der Waals surface area contributed by atoms with Gasteiger partial charge in [0.2, 0.25) is 11.8 Å². The molecule has 4 N–H and O–H groups in total. The molecule has 2 bridgehead atoms. The molecule has 2 saturated carbocycles. The molecule has 0 aromatic heterocycles. The summed E-state index contributed by atoms with van der Waals surface area (Å²) in [7, 11) is 0. The molecule has 0 heterocycles. The molecule has 0 spiro atoms. The van der Waals surface area contributed by atoms with Gasteiger partial charge in [0.1, 0.15) is 0 Å². The summed E-state index contributed by atoms with van der Waals surface area (Å²) in [6.07, 6.45) is 6.06. The molecule has 136 valence electrons. The van der Waals surface area contributed by atoms with Crippen molar-refractivity contribution in [2.75, 3.05) is 13.1 Å². The molecule has 2 amide bonds. The van der Waals surface area contributed by atoms with E-state index in [-0.39, 0.29) is 30.3 Å². The number of nitrogens with one attached hydrogen (secondary N) is 2. The number of carbonyl (C=O) groups is 2. The van der Waals surface area contributed by atoms with Gasteiger partial charge in [-0.3, -0.25) is 9.59 Å². The Morgan fingerprint density at radius 3 is 2.40 bits per heavy atom.